The summed E-state index contributed by atoms with van der Waals surface area (Å²) >= 11 is 1.55. The molecule has 0 saturated heterocycles. The van der Waals surface area contributed by atoms with E-state index in [2.05, 4.69) is 0 Å². The van der Waals surface area contributed by atoms with Crippen LogP contribution in [-0.4, -0.2) is 12.6 Å². The summed E-state index contributed by atoms with van der Waals surface area (Å²) in [5.41, 5.74) is 2.19. The Morgan fingerprint density at radius 2 is 1.75 bits per heavy atom. The number of halogens is 3. The Balaban J connectivity index is 1.67. The molecule has 3 aromatic carbocycles. The van der Waals surface area contributed by atoms with Crippen molar-refractivity contribution in [3.63, 3.8) is 0 Å². The zero-order chi connectivity index (χ0) is 22.7. The molecular weight excluding hydrogens is 433 g/mol. The van der Waals surface area contributed by atoms with Gasteiger partial charge in [0.15, 0.2) is 0 Å². The van der Waals surface area contributed by atoms with Crippen LogP contribution >= 0.6 is 11.3 Å². The Morgan fingerprint density at radius 1 is 0.969 bits per heavy atom. The fraction of sp³-hybridized carbons (Fsp3) is 0.115. The van der Waals surface area contributed by atoms with Gasteiger partial charge in [-0.15, -0.1) is 11.3 Å². The van der Waals surface area contributed by atoms with Gasteiger partial charge in [0.05, 0.1) is 17.7 Å². The molecule has 0 aliphatic rings. The topological polar surface area (TPSA) is 26.3 Å². The molecule has 1 heterocycles. The van der Waals surface area contributed by atoms with Gasteiger partial charge >= 0.3 is 12.1 Å². The molecule has 6 heteroatoms. The Bertz CT molecular complexity index is 1300. The van der Waals surface area contributed by atoms with Crippen molar-refractivity contribution in [2.75, 3.05) is 6.61 Å². The molecule has 0 amide bonds. The van der Waals surface area contributed by atoms with E-state index < -0.39 is 11.7 Å². The number of thiophene rings is 1. The fourth-order valence-corrected chi connectivity index (χ4v) is 4.52. The van der Waals surface area contributed by atoms with Crippen LogP contribution in [0.25, 0.3) is 33.4 Å². The predicted molar refractivity (Wildman–Crippen MR) is 124 cm³/mol. The number of hydrogen-bond acceptors (Lipinski definition) is 3. The van der Waals surface area contributed by atoms with Gasteiger partial charge in [-0.3, -0.25) is 0 Å². The Hall–Kier alpha value is -3.38. The number of benzene rings is 3. The van der Waals surface area contributed by atoms with Gasteiger partial charge in [-0.05, 0) is 65.4 Å². The lowest BCUT2D eigenvalue weighted by Crippen LogP contribution is -2.04. The summed E-state index contributed by atoms with van der Waals surface area (Å²) in [5, 5.41) is 1.03. The SMILES string of the molecule is CCOC(=O)c1cccc(-c2cccc3cc(/C=C/c4cccc(C(F)(F)F)c4)sc23)c1. The third-order valence-electron chi connectivity index (χ3n) is 4.90. The first kappa shape index (κ1) is 21.8. The molecule has 0 aliphatic heterocycles. The maximum absolute atomic E-state index is 12.9. The molecule has 0 aliphatic carbocycles. The Labute approximate surface area is 187 Å². The summed E-state index contributed by atoms with van der Waals surface area (Å²) in [6.07, 6.45) is -0.867. The Kier molecular flexibility index (Phi) is 6.15. The number of hydrogen-bond donors (Lipinski definition) is 0. The Morgan fingerprint density at radius 3 is 2.53 bits per heavy atom. The van der Waals surface area contributed by atoms with Crippen molar-refractivity contribution >= 4 is 39.5 Å². The monoisotopic (exact) mass is 452 g/mol. The van der Waals surface area contributed by atoms with E-state index in [-0.39, 0.29) is 5.97 Å². The summed E-state index contributed by atoms with van der Waals surface area (Å²) in [6, 6.07) is 20.5. The lowest BCUT2D eigenvalue weighted by Gasteiger charge is -2.06. The second-order valence-electron chi connectivity index (χ2n) is 7.13. The second kappa shape index (κ2) is 9.01. The van der Waals surface area contributed by atoms with E-state index >= 15 is 0 Å². The standard InChI is InChI=1S/C26H19F3O2S/c1-2-31-25(30)20-9-4-7-18(15-20)23-11-5-8-19-16-22(32-24(19)23)13-12-17-6-3-10-21(14-17)26(27,28)29/h3-16H,2H2,1H3/b13-12+. The molecule has 0 bridgehead atoms. The highest BCUT2D eigenvalue weighted by atomic mass is 32.1. The third kappa shape index (κ3) is 4.75. The maximum atomic E-state index is 12.9. The molecule has 1 aromatic heterocycles. The third-order valence-corrected chi connectivity index (χ3v) is 6.05. The molecule has 2 nitrogen and oxygen atoms in total. The number of esters is 1. The van der Waals surface area contributed by atoms with Gasteiger partial charge in [0.2, 0.25) is 0 Å². The van der Waals surface area contributed by atoms with E-state index in [0.717, 1.165) is 38.2 Å². The molecule has 0 fully saturated rings. The summed E-state index contributed by atoms with van der Waals surface area (Å²) in [5.74, 6) is -0.364. The quantitative estimate of drug-likeness (QED) is 0.287. The van der Waals surface area contributed by atoms with E-state index in [1.165, 1.54) is 6.07 Å². The summed E-state index contributed by atoms with van der Waals surface area (Å²) < 4.78 is 45.0. The van der Waals surface area contributed by atoms with Crippen molar-refractivity contribution in [2.45, 2.75) is 13.1 Å². The van der Waals surface area contributed by atoms with Crippen LogP contribution in [0.1, 0.15) is 33.3 Å². The highest BCUT2D eigenvalue weighted by Gasteiger charge is 2.30. The van der Waals surface area contributed by atoms with Crippen LogP contribution < -0.4 is 0 Å². The zero-order valence-electron chi connectivity index (χ0n) is 17.1. The van der Waals surface area contributed by atoms with Gasteiger partial charge in [-0.2, -0.15) is 13.2 Å². The number of carbonyl (C=O) groups excluding carboxylic acids is 1. The summed E-state index contributed by atoms with van der Waals surface area (Å²) in [7, 11) is 0. The maximum Gasteiger partial charge on any atom is 0.416 e. The molecule has 0 N–H and O–H groups in total. The van der Waals surface area contributed by atoms with Crippen molar-refractivity contribution in [3.8, 4) is 11.1 Å². The molecule has 0 radical (unpaired) electrons. The fourth-order valence-electron chi connectivity index (χ4n) is 3.42. The molecule has 0 atom stereocenters. The van der Waals surface area contributed by atoms with Crippen molar-refractivity contribution in [1.82, 2.24) is 0 Å². The molecule has 0 spiro atoms. The molecule has 0 unspecified atom stereocenters. The van der Waals surface area contributed by atoms with Crippen LogP contribution in [0.4, 0.5) is 13.2 Å². The lowest BCUT2D eigenvalue weighted by atomic mass is 10.0. The summed E-state index contributed by atoms with van der Waals surface area (Å²) in [6.45, 7) is 2.08. The molecule has 4 aromatic rings. The van der Waals surface area contributed by atoms with Crippen LogP contribution in [0, 0.1) is 0 Å². The van der Waals surface area contributed by atoms with Crippen molar-refractivity contribution in [3.05, 3.63) is 94.4 Å². The average molecular weight is 452 g/mol. The number of rotatable bonds is 5. The lowest BCUT2D eigenvalue weighted by molar-refractivity contribution is -0.137. The second-order valence-corrected chi connectivity index (χ2v) is 8.21. The van der Waals surface area contributed by atoms with E-state index in [0.29, 0.717) is 17.7 Å². The van der Waals surface area contributed by atoms with Gasteiger partial charge in [-0.1, -0.05) is 48.5 Å². The van der Waals surface area contributed by atoms with Gasteiger partial charge in [0.25, 0.3) is 0 Å². The molecular formula is C26H19F3O2S. The number of fused-ring (bicyclic) bond motifs is 1. The average Bonchev–Trinajstić information content (AvgIpc) is 3.21. The zero-order valence-corrected chi connectivity index (χ0v) is 18.0. The number of alkyl halides is 3. The largest absolute Gasteiger partial charge is 0.462 e. The van der Waals surface area contributed by atoms with E-state index in [9.17, 15) is 18.0 Å². The molecule has 4 rings (SSSR count). The van der Waals surface area contributed by atoms with Gasteiger partial charge in [0.1, 0.15) is 0 Å². The van der Waals surface area contributed by atoms with E-state index in [4.69, 9.17) is 4.74 Å². The van der Waals surface area contributed by atoms with E-state index in [1.807, 2.05) is 48.5 Å². The van der Waals surface area contributed by atoms with Crippen LogP contribution in [-0.2, 0) is 10.9 Å². The van der Waals surface area contributed by atoms with Gasteiger partial charge < -0.3 is 4.74 Å². The first-order chi connectivity index (χ1) is 15.3. The molecule has 0 saturated carbocycles. The minimum atomic E-state index is -4.37. The molecule has 32 heavy (non-hydrogen) atoms. The van der Waals surface area contributed by atoms with Crippen LogP contribution in [0.15, 0.2) is 72.8 Å². The highest BCUT2D eigenvalue weighted by Crippen LogP contribution is 2.36. The minimum Gasteiger partial charge on any atom is -0.462 e. The first-order valence-electron chi connectivity index (χ1n) is 10.0. The normalized spacial score (nSPS) is 11.9. The predicted octanol–water partition coefficient (Wildman–Crippen LogP) is 7.93. The van der Waals surface area contributed by atoms with Crippen LogP contribution in [0.5, 0.6) is 0 Å². The van der Waals surface area contributed by atoms with Crippen LogP contribution in [0.2, 0.25) is 0 Å². The number of carbonyl (C=O) groups is 1. The minimum absolute atomic E-state index is 0.311. The first-order valence-corrected chi connectivity index (χ1v) is 10.8. The van der Waals surface area contributed by atoms with Gasteiger partial charge in [-0.25, -0.2) is 4.79 Å². The highest BCUT2D eigenvalue weighted by molar-refractivity contribution is 7.20. The summed E-state index contributed by atoms with van der Waals surface area (Å²) in [4.78, 5) is 13.0. The molecule has 162 valence electrons. The van der Waals surface area contributed by atoms with Gasteiger partial charge in [0, 0.05) is 9.58 Å². The van der Waals surface area contributed by atoms with Crippen molar-refractivity contribution in [2.24, 2.45) is 0 Å². The smallest absolute Gasteiger partial charge is 0.416 e. The van der Waals surface area contributed by atoms with E-state index in [1.54, 1.807) is 36.5 Å². The van der Waals surface area contributed by atoms with Crippen LogP contribution in [0.3, 0.4) is 0 Å². The number of ether oxygens (including phenoxy) is 1. The van der Waals surface area contributed by atoms with Crippen molar-refractivity contribution < 1.29 is 22.7 Å². The van der Waals surface area contributed by atoms with Crippen molar-refractivity contribution in [1.29, 1.82) is 0 Å².